The lowest BCUT2D eigenvalue weighted by molar-refractivity contribution is -0.118. The molecule has 3 nitrogen and oxygen atoms in total. The molecule has 0 heterocycles. The van der Waals surface area contributed by atoms with Gasteiger partial charge in [-0.15, -0.1) is 0 Å². The van der Waals surface area contributed by atoms with Gasteiger partial charge in [-0.05, 0) is 22.4 Å². The second-order valence-electron chi connectivity index (χ2n) is 3.88. The normalized spacial score (nSPS) is 12.6. The summed E-state index contributed by atoms with van der Waals surface area (Å²) in [4.78, 5) is 10.8. The fraction of sp³-hybridized carbons (Fsp3) is 0.154. The number of rotatable bonds is 3. The number of amides is 1. The molecule has 4 N–H and O–H groups in total. The topological polar surface area (TPSA) is 69.1 Å². The van der Waals surface area contributed by atoms with Crippen LogP contribution in [-0.4, -0.2) is 5.91 Å². The van der Waals surface area contributed by atoms with Gasteiger partial charge in [0.25, 0.3) is 0 Å². The van der Waals surface area contributed by atoms with Gasteiger partial charge >= 0.3 is 0 Å². The molecule has 0 spiro atoms. The van der Waals surface area contributed by atoms with E-state index in [-0.39, 0.29) is 18.4 Å². The van der Waals surface area contributed by atoms with Crippen molar-refractivity contribution < 1.29 is 4.79 Å². The average Bonchev–Trinajstić information content (AvgIpc) is 2.27. The van der Waals surface area contributed by atoms with Crippen molar-refractivity contribution in [2.45, 2.75) is 12.5 Å². The van der Waals surface area contributed by atoms with Crippen LogP contribution in [0.5, 0.6) is 0 Å². The van der Waals surface area contributed by atoms with Crippen molar-refractivity contribution in [1.82, 2.24) is 0 Å². The van der Waals surface area contributed by atoms with Crippen molar-refractivity contribution >= 4 is 16.7 Å². The summed E-state index contributed by atoms with van der Waals surface area (Å²) < 4.78 is 0. The Balaban J connectivity index is 2.35. The van der Waals surface area contributed by atoms with E-state index in [0.29, 0.717) is 0 Å². The monoisotopic (exact) mass is 214 g/mol. The molecule has 0 bridgehead atoms. The molecule has 1 amide bonds. The molecular weight excluding hydrogens is 200 g/mol. The van der Waals surface area contributed by atoms with Crippen LogP contribution in [0.4, 0.5) is 0 Å². The van der Waals surface area contributed by atoms with E-state index in [1.165, 1.54) is 0 Å². The number of carbonyl (C=O) groups is 1. The average molecular weight is 214 g/mol. The minimum absolute atomic E-state index is 0.179. The Bertz CT molecular complexity index is 522. The Morgan fingerprint density at radius 2 is 1.81 bits per heavy atom. The summed E-state index contributed by atoms with van der Waals surface area (Å²) in [7, 11) is 0. The van der Waals surface area contributed by atoms with E-state index in [4.69, 9.17) is 11.5 Å². The summed E-state index contributed by atoms with van der Waals surface area (Å²) >= 11 is 0. The molecule has 82 valence electrons. The fourth-order valence-electron chi connectivity index (χ4n) is 1.77. The summed E-state index contributed by atoms with van der Waals surface area (Å²) in [6.07, 6.45) is 0.179. The highest BCUT2D eigenvalue weighted by Gasteiger charge is 2.09. The number of hydrogen-bond acceptors (Lipinski definition) is 2. The van der Waals surface area contributed by atoms with E-state index in [0.717, 1.165) is 16.3 Å². The third-order valence-electron chi connectivity index (χ3n) is 2.62. The molecule has 2 rings (SSSR count). The second kappa shape index (κ2) is 4.33. The van der Waals surface area contributed by atoms with Gasteiger partial charge < -0.3 is 11.5 Å². The number of fused-ring (bicyclic) bond motifs is 1. The van der Waals surface area contributed by atoms with Crippen LogP contribution in [0.25, 0.3) is 10.8 Å². The molecule has 0 saturated carbocycles. The van der Waals surface area contributed by atoms with Crippen molar-refractivity contribution in [2.75, 3.05) is 0 Å². The highest BCUT2D eigenvalue weighted by atomic mass is 16.1. The number of nitrogens with two attached hydrogens (primary N) is 2. The lowest BCUT2D eigenvalue weighted by Gasteiger charge is -2.10. The van der Waals surface area contributed by atoms with Crippen LogP contribution in [0.2, 0.25) is 0 Å². The van der Waals surface area contributed by atoms with Crippen molar-refractivity contribution in [3.05, 3.63) is 48.0 Å². The Kier molecular flexibility index (Phi) is 2.88. The number of primary amides is 1. The zero-order valence-electron chi connectivity index (χ0n) is 8.89. The maximum absolute atomic E-state index is 10.8. The summed E-state index contributed by atoms with van der Waals surface area (Å²) in [5, 5.41) is 2.29. The van der Waals surface area contributed by atoms with Gasteiger partial charge in [0.05, 0.1) is 0 Å². The quantitative estimate of drug-likeness (QED) is 0.816. The van der Waals surface area contributed by atoms with Crippen molar-refractivity contribution in [3.63, 3.8) is 0 Å². The number of hydrogen-bond donors (Lipinski definition) is 2. The van der Waals surface area contributed by atoms with Crippen LogP contribution >= 0.6 is 0 Å². The van der Waals surface area contributed by atoms with Crippen molar-refractivity contribution in [1.29, 1.82) is 0 Å². The molecule has 0 saturated heterocycles. The molecule has 0 aromatic heterocycles. The Hall–Kier alpha value is -1.87. The van der Waals surface area contributed by atoms with Crippen LogP contribution < -0.4 is 11.5 Å². The maximum atomic E-state index is 10.8. The first-order valence-corrected chi connectivity index (χ1v) is 5.19. The predicted octanol–water partition coefficient (Wildman–Crippen LogP) is 1.72. The van der Waals surface area contributed by atoms with E-state index in [1.807, 2.05) is 42.5 Å². The van der Waals surface area contributed by atoms with Gasteiger partial charge in [0.2, 0.25) is 5.91 Å². The van der Waals surface area contributed by atoms with Crippen LogP contribution in [0, 0.1) is 0 Å². The molecule has 0 radical (unpaired) electrons. The van der Waals surface area contributed by atoms with Gasteiger partial charge in [0.15, 0.2) is 0 Å². The summed E-state index contributed by atoms with van der Waals surface area (Å²) in [5.74, 6) is -0.374. The summed E-state index contributed by atoms with van der Waals surface area (Å²) in [6.45, 7) is 0. The maximum Gasteiger partial charge on any atom is 0.219 e. The second-order valence-corrected chi connectivity index (χ2v) is 3.88. The smallest absolute Gasteiger partial charge is 0.219 e. The molecule has 0 aliphatic heterocycles. The SMILES string of the molecule is NC(=O)C[C@@H](N)c1ccc2ccccc2c1. The fourth-order valence-corrected chi connectivity index (χ4v) is 1.77. The van der Waals surface area contributed by atoms with Gasteiger partial charge in [-0.1, -0.05) is 36.4 Å². The molecule has 0 aliphatic carbocycles. The zero-order chi connectivity index (χ0) is 11.5. The molecule has 1 atom stereocenters. The highest BCUT2D eigenvalue weighted by molar-refractivity contribution is 5.83. The zero-order valence-corrected chi connectivity index (χ0v) is 8.89. The molecule has 0 fully saturated rings. The van der Waals surface area contributed by atoms with Crippen molar-refractivity contribution in [2.24, 2.45) is 11.5 Å². The van der Waals surface area contributed by atoms with E-state index >= 15 is 0 Å². The molecule has 16 heavy (non-hydrogen) atoms. The highest BCUT2D eigenvalue weighted by Crippen LogP contribution is 2.20. The number of benzene rings is 2. The number of carbonyl (C=O) groups excluding carboxylic acids is 1. The summed E-state index contributed by atoms with van der Waals surface area (Å²) in [6, 6.07) is 13.7. The van der Waals surface area contributed by atoms with E-state index in [9.17, 15) is 4.79 Å². The standard InChI is InChI=1S/C13H14N2O/c14-12(8-13(15)16)11-6-5-9-3-1-2-4-10(9)7-11/h1-7,12H,8,14H2,(H2,15,16)/t12-/m1/s1. The van der Waals surface area contributed by atoms with Crippen LogP contribution in [0.1, 0.15) is 18.0 Å². The Morgan fingerprint density at radius 3 is 2.50 bits per heavy atom. The molecule has 0 unspecified atom stereocenters. The van der Waals surface area contributed by atoms with Gasteiger partial charge in [0, 0.05) is 12.5 Å². The minimum atomic E-state index is -0.374. The van der Waals surface area contributed by atoms with E-state index in [1.54, 1.807) is 0 Å². The Morgan fingerprint density at radius 1 is 1.12 bits per heavy atom. The largest absolute Gasteiger partial charge is 0.370 e. The first-order chi connectivity index (χ1) is 7.66. The first kappa shape index (κ1) is 10.6. The van der Waals surface area contributed by atoms with Crippen LogP contribution in [0.3, 0.4) is 0 Å². The summed E-state index contributed by atoms with van der Waals surface area (Å²) in [5.41, 5.74) is 12.0. The van der Waals surface area contributed by atoms with E-state index in [2.05, 4.69) is 0 Å². The minimum Gasteiger partial charge on any atom is -0.370 e. The third-order valence-corrected chi connectivity index (χ3v) is 2.62. The molecular formula is C13H14N2O. The van der Waals surface area contributed by atoms with Gasteiger partial charge in [-0.25, -0.2) is 0 Å². The lowest BCUT2D eigenvalue weighted by Crippen LogP contribution is -2.20. The molecule has 2 aromatic rings. The Labute approximate surface area is 94.0 Å². The third kappa shape index (κ3) is 2.20. The van der Waals surface area contributed by atoms with Crippen molar-refractivity contribution in [3.8, 4) is 0 Å². The molecule has 2 aromatic carbocycles. The predicted molar refractivity (Wildman–Crippen MR) is 64.7 cm³/mol. The van der Waals surface area contributed by atoms with Gasteiger partial charge in [-0.3, -0.25) is 4.79 Å². The van der Waals surface area contributed by atoms with Crippen LogP contribution in [0.15, 0.2) is 42.5 Å². The van der Waals surface area contributed by atoms with Gasteiger partial charge in [0.1, 0.15) is 0 Å². The lowest BCUT2D eigenvalue weighted by atomic mass is 10.0. The molecule has 0 aliphatic rings. The van der Waals surface area contributed by atoms with E-state index < -0.39 is 0 Å². The molecule has 3 heteroatoms. The van der Waals surface area contributed by atoms with Gasteiger partial charge in [-0.2, -0.15) is 0 Å². The first-order valence-electron chi connectivity index (χ1n) is 5.19. The van der Waals surface area contributed by atoms with Crippen LogP contribution in [-0.2, 0) is 4.79 Å².